The van der Waals surface area contributed by atoms with Crippen LogP contribution in [-0.4, -0.2) is 69.5 Å². The van der Waals surface area contributed by atoms with Crippen LogP contribution in [0.5, 0.6) is 0 Å². The highest BCUT2D eigenvalue weighted by Crippen LogP contribution is 2.45. The SMILES string of the molecule is CCN(CC)CC(C)OC(=O)[C@@H]1CCCC[C@@]1(O)C1CCCCC1.O=C(O)/C=C\C(=O)O. The molecule has 8 heteroatoms. The van der Waals surface area contributed by atoms with Gasteiger partial charge in [-0.3, -0.25) is 4.79 Å². The van der Waals surface area contributed by atoms with Crippen LogP contribution in [0.25, 0.3) is 0 Å². The molecule has 0 radical (unpaired) electrons. The fraction of sp³-hybridized carbons (Fsp3) is 0.792. The van der Waals surface area contributed by atoms with Crippen molar-refractivity contribution in [1.82, 2.24) is 4.90 Å². The molecule has 2 aliphatic rings. The molecule has 2 aliphatic carbocycles. The van der Waals surface area contributed by atoms with Crippen molar-refractivity contribution in [2.24, 2.45) is 11.8 Å². The highest BCUT2D eigenvalue weighted by molar-refractivity contribution is 5.89. The number of aliphatic hydroxyl groups is 1. The first-order chi connectivity index (χ1) is 15.1. The fourth-order valence-electron chi connectivity index (χ4n) is 4.90. The number of likely N-dealkylation sites (N-methyl/N-ethyl adjacent to an activating group) is 1. The number of nitrogens with zero attached hydrogens (tertiary/aromatic N) is 1. The van der Waals surface area contributed by atoms with Crippen LogP contribution in [0, 0.1) is 11.8 Å². The van der Waals surface area contributed by atoms with Crippen molar-refractivity contribution in [2.75, 3.05) is 19.6 Å². The third kappa shape index (κ3) is 9.28. The van der Waals surface area contributed by atoms with E-state index in [1.807, 2.05) is 6.92 Å². The molecule has 0 aromatic heterocycles. The summed E-state index contributed by atoms with van der Waals surface area (Å²) in [7, 11) is 0. The Balaban J connectivity index is 0.000000547. The second kappa shape index (κ2) is 14.3. The third-order valence-corrected chi connectivity index (χ3v) is 6.62. The summed E-state index contributed by atoms with van der Waals surface area (Å²) in [5.41, 5.74) is -0.829. The molecule has 0 aliphatic heterocycles. The van der Waals surface area contributed by atoms with E-state index in [1.165, 1.54) is 19.3 Å². The van der Waals surface area contributed by atoms with Gasteiger partial charge in [-0.05, 0) is 51.6 Å². The van der Waals surface area contributed by atoms with Crippen LogP contribution < -0.4 is 0 Å². The van der Waals surface area contributed by atoms with Gasteiger partial charge in [-0.2, -0.15) is 0 Å². The van der Waals surface area contributed by atoms with Crippen molar-refractivity contribution in [3.63, 3.8) is 0 Å². The maximum Gasteiger partial charge on any atom is 0.328 e. The maximum atomic E-state index is 12.8. The molecule has 2 fully saturated rings. The summed E-state index contributed by atoms with van der Waals surface area (Å²) in [4.78, 5) is 34.2. The average molecular weight is 456 g/mol. The average Bonchev–Trinajstić information content (AvgIpc) is 2.77. The van der Waals surface area contributed by atoms with Gasteiger partial charge < -0.3 is 25.0 Å². The Hall–Kier alpha value is -1.93. The van der Waals surface area contributed by atoms with Gasteiger partial charge in [0.25, 0.3) is 0 Å². The van der Waals surface area contributed by atoms with Crippen LogP contribution in [0.3, 0.4) is 0 Å². The van der Waals surface area contributed by atoms with Gasteiger partial charge in [0.05, 0.1) is 11.5 Å². The minimum Gasteiger partial charge on any atom is -0.478 e. The highest BCUT2D eigenvalue weighted by atomic mass is 16.5. The predicted molar refractivity (Wildman–Crippen MR) is 121 cm³/mol. The molecule has 0 spiro atoms. The Morgan fingerprint density at radius 2 is 1.50 bits per heavy atom. The zero-order valence-electron chi connectivity index (χ0n) is 19.8. The van der Waals surface area contributed by atoms with E-state index >= 15 is 0 Å². The Morgan fingerprint density at radius 3 is 2.00 bits per heavy atom. The van der Waals surface area contributed by atoms with E-state index in [9.17, 15) is 19.5 Å². The number of hydrogen-bond donors (Lipinski definition) is 3. The number of carboxylic acids is 2. The van der Waals surface area contributed by atoms with E-state index < -0.39 is 17.5 Å². The van der Waals surface area contributed by atoms with E-state index in [0.29, 0.717) is 12.2 Å². The molecule has 0 heterocycles. The number of aliphatic carboxylic acids is 2. The Labute approximate surface area is 191 Å². The molecule has 1 unspecified atom stereocenters. The Morgan fingerprint density at radius 1 is 0.969 bits per heavy atom. The van der Waals surface area contributed by atoms with Crippen molar-refractivity contribution < 1.29 is 34.4 Å². The molecule has 3 N–H and O–H groups in total. The molecule has 0 aromatic carbocycles. The maximum absolute atomic E-state index is 12.8. The molecule has 32 heavy (non-hydrogen) atoms. The minimum atomic E-state index is -1.26. The summed E-state index contributed by atoms with van der Waals surface area (Å²) in [6.07, 6.45) is 10.4. The van der Waals surface area contributed by atoms with E-state index in [2.05, 4.69) is 18.7 Å². The lowest BCUT2D eigenvalue weighted by atomic mass is 9.64. The Kier molecular flexibility index (Phi) is 12.5. The first kappa shape index (κ1) is 28.1. The molecule has 0 saturated heterocycles. The summed E-state index contributed by atoms with van der Waals surface area (Å²) in [6, 6.07) is 0. The van der Waals surface area contributed by atoms with Crippen LogP contribution in [-0.2, 0) is 19.1 Å². The standard InChI is InChI=1S/C20H37NO3.C4H4O4/c1-4-21(5-2)15-16(3)24-19(22)18-13-9-10-14-20(18,23)17-11-7-6-8-12-17;5-3(6)1-2-4(7)8/h16-18,23H,4-15H2,1-3H3;1-2H,(H,5,6)(H,7,8)/b;2-1-/t16?,18-,20+;/m0./s1. The zero-order chi connectivity index (χ0) is 24.1. The quantitative estimate of drug-likeness (QED) is 0.357. The number of carbonyl (C=O) groups excluding carboxylic acids is 1. The number of ether oxygens (including phenoxy) is 1. The normalized spacial score (nSPS) is 25.1. The molecule has 2 rings (SSSR count). The Bertz CT molecular complexity index is 610. The minimum absolute atomic E-state index is 0.116. The molecule has 8 nitrogen and oxygen atoms in total. The van der Waals surface area contributed by atoms with Crippen molar-refractivity contribution in [3.8, 4) is 0 Å². The summed E-state index contributed by atoms with van der Waals surface area (Å²) in [5, 5.41) is 27.0. The topological polar surface area (TPSA) is 124 Å². The second-order valence-corrected chi connectivity index (χ2v) is 8.87. The number of hydrogen-bond acceptors (Lipinski definition) is 6. The monoisotopic (exact) mass is 455 g/mol. The third-order valence-electron chi connectivity index (χ3n) is 6.62. The van der Waals surface area contributed by atoms with Gasteiger partial charge in [0.2, 0.25) is 0 Å². The van der Waals surface area contributed by atoms with E-state index in [0.717, 1.165) is 58.2 Å². The highest BCUT2D eigenvalue weighted by Gasteiger charge is 2.49. The van der Waals surface area contributed by atoms with Crippen molar-refractivity contribution in [1.29, 1.82) is 0 Å². The number of carboxylic acid groups (broad SMARTS) is 2. The lowest BCUT2D eigenvalue weighted by molar-refractivity contribution is -0.176. The molecule has 0 amide bonds. The molecular weight excluding hydrogens is 414 g/mol. The van der Waals surface area contributed by atoms with Crippen LogP contribution >= 0.6 is 0 Å². The van der Waals surface area contributed by atoms with Gasteiger partial charge in [-0.1, -0.05) is 46.0 Å². The second-order valence-electron chi connectivity index (χ2n) is 8.87. The number of esters is 1. The van der Waals surface area contributed by atoms with Gasteiger partial charge in [-0.25, -0.2) is 9.59 Å². The van der Waals surface area contributed by atoms with E-state index in [4.69, 9.17) is 14.9 Å². The van der Waals surface area contributed by atoms with Gasteiger partial charge in [0, 0.05) is 18.7 Å². The molecule has 2 saturated carbocycles. The largest absolute Gasteiger partial charge is 0.478 e. The van der Waals surface area contributed by atoms with Crippen molar-refractivity contribution in [3.05, 3.63) is 12.2 Å². The molecule has 184 valence electrons. The zero-order valence-corrected chi connectivity index (χ0v) is 19.8. The molecular formula is C24H41NO7. The van der Waals surface area contributed by atoms with Crippen LogP contribution in [0.4, 0.5) is 0 Å². The van der Waals surface area contributed by atoms with Crippen molar-refractivity contribution in [2.45, 2.75) is 90.3 Å². The van der Waals surface area contributed by atoms with Crippen LogP contribution in [0.15, 0.2) is 12.2 Å². The van der Waals surface area contributed by atoms with Crippen LogP contribution in [0.2, 0.25) is 0 Å². The van der Waals surface area contributed by atoms with Gasteiger partial charge in [0.15, 0.2) is 0 Å². The fourth-order valence-corrected chi connectivity index (χ4v) is 4.90. The first-order valence-electron chi connectivity index (χ1n) is 11.9. The first-order valence-corrected chi connectivity index (χ1v) is 11.9. The summed E-state index contributed by atoms with van der Waals surface area (Å²) < 4.78 is 5.77. The molecule has 0 bridgehead atoms. The lowest BCUT2D eigenvalue weighted by Gasteiger charge is -2.45. The van der Waals surface area contributed by atoms with Crippen molar-refractivity contribution >= 4 is 17.9 Å². The number of rotatable bonds is 9. The summed E-state index contributed by atoms with van der Waals surface area (Å²) >= 11 is 0. The van der Waals surface area contributed by atoms with Crippen LogP contribution in [0.1, 0.15) is 78.6 Å². The summed E-state index contributed by atoms with van der Waals surface area (Å²) in [6.45, 7) is 8.93. The van der Waals surface area contributed by atoms with E-state index in [1.54, 1.807) is 0 Å². The van der Waals surface area contributed by atoms with Gasteiger partial charge in [-0.15, -0.1) is 0 Å². The lowest BCUT2D eigenvalue weighted by Crippen LogP contribution is -2.52. The number of carbonyl (C=O) groups is 3. The smallest absolute Gasteiger partial charge is 0.328 e. The van der Waals surface area contributed by atoms with E-state index in [-0.39, 0.29) is 23.9 Å². The van der Waals surface area contributed by atoms with Gasteiger partial charge in [0.1, 0.15) is 6.10 Å². The molecule has 3 atom stereocenters. The molecule has 0 aromatic rings. The predicted octanol–water partition coefficient (Wildman–Crippen LogP) is 3.47. The van der Waals surface area contributed by atoms with Gasteiger partial charge >= 0.3 is 17.9 Å². The summed E-state index contributed by atoms with van der Waals surface area (Å²) in [5.74, 6) is -2.72.